The molecule has 2 N–H and O–H groups in total. The zero-order valence-corrected chi connectivity index (χ0v) is 10.1. The van der Waals surface area contributed by atoms with Crippen molar-refractivity contribution in [1.82, 2.24) is 5.32 Å². The lowest BCUT2D eigenvalue weighted by Crippen LogP contribution is -2.44. The van der Waals surface area contributed by atoms with E-state index in [1.807, 2.05) is 0 Å². The first-order valence-electron chi connectivity index (χ1n) is 6.44. The fourth-order valence-corrected chi connectivity index (χ4v) is 2.98. The van der Waals surface area contributed by atoms with Gasteiger partial charge in [-0.15, -0.1) is 0 Å². The van der Waals surface area contributed by atoms with Crippen molar-refractivity contribution < 1.29 is 4.79 Å². The molecule has 0 bridgehead atoms. The van der Waals surface area contributed by atoms with Crippen LogP contribution in [0.15, 0.2) is 18.2 Å². The summed E-state index contributed by atoms with van der Waals surface area (Å²) < 4.78 is 0. The van der Waals surface area contributed by atoms with Crippen LogP contribution in [0.4, 0.5) is 5.69 Å². The molecule has 1 aromatic carbocycles. The van der Waals surface area contributed by atoms with E-state index in [1.54, 1.807) is 0 Å². The van der Waals surface area contributed by atoms with Gasteiger partial charge in [0.2, 0.25) is 5.91 Å². The molecule has 2 unspecified atom stereocenters. The Morgan fingerprint density at radius 1 is 1.35 bits per heavy atom. The highest BCUT2D eigenvalue weighted by Gasteiger charge is 2.37. The van der Waals surface area contributed by atoms with Gasteiger partial charge in [-0.3, -0.25) is 4.79 Å². The third-order valence-electron chi connectivity index (χ3n) is 4.00. The molecule has 0 spiro atoms. The Labute approximate surface area is 102 Å². The van der Waals surface area contributed by atoms with Gasteiger partial charge >= 0.3 is 0 Å². The van der Waals surface area contributed by atoms with Crippen LogP contribution in [0.1, 0.15) is 30.4 Å². The molecule has 2 atom stereocenters. The van der Waals surface area contributed by atoms with E-state index in [1.165, 1.54) is 11.1 Å². The first kappa shape index (κ1) is 10.8. The molecule has 17 heavy (non-hydrogen) atoms. The molecule has 2 aliphatic heterocycles. The summed E-state index contributed by atoms with van der Waals surface area (Å²) >= 11 is 0. The highest BCUT2D eigenvalue weighted by atomic mass is 16.2. The van der Waals surface area contributed by atoms with E-state index in [4.69, 9.17) is 0 Å². The van der Waals surface area contributed by atoms with Gasteiger partial charge in [-0.1, -0.05) is 19.1 Å². The maximum absolute atomic E-state index is 12.0. The molecule has 0 saturated carbocycles. The molecular weight excluding hydrogens is 212 g/mol. The second-order valence-corrected chi connectivity index (χ2v) is 4.97. The zero-order valence-electron chi connectivity index (χ0n) is 10.1. The van der Waals surface area contributed by atoms with Gasteiger partial charge in [0, 0.05) is 24.1 Å². The molecule has 3 heteroatoms. The van der Waals surface area contributed by atoms with Crippen molar-refractivity contribution in [3.63, 3.8) is 0 Å². The lowest BCUT2D eigenvalue weighted by Gasteiger charge is -2.36. The Kier molecular flexibility index (Phi) is 2.63. The Hall–Kier alpha value is -1.35. The van der Waals surface area contributed by atoms with Crippen molar-refractivity contribution in [2.24, 2.45) is 5.92 Å². The van der Waals surface area contributed by atoms with E-state index in [-0.39, 0.29) is 11.8 Å². The number of aryl methyl sites for hydroxylation is 1. The summed E-state index contributed by atoms with van der Waals surface area (Å²) in [5, 5.41) is 6.45. The van der Waals surface area contributed by atoms with Crippen molar-refractivity contribution in [2.75, 3.05) is 18.4 Å². The number of amides is 1. The topological polar surface area (TPSA) is 41.1 Å². The molecular formula is C14H18N2O. The van der Waals surface area contributed by atoms with Crippen molar-refractivity contribution >= 4 is 11.6 Å². The summed E-state index contributed by atoms with van der Waals surface area (Å²) in [4.78, 5) is 12.0. The molecule has 0 aromatic heterocycles. The lowest BCUT2D eigenvalue weighted by atomic mass is 9.77. The van der Waals surface area contributed by atoms with Crippen LogP contribution in [0.3, 0.4) is 0 Å². The molecule has 0 radical (unpaired) electrons. The molecule has 2 aliphatic rings. The van der Waals surface area contributed by atoms with Crippen LogP contribution in [-0.4, -0.2) is 19.0 Å². The monoisotopic (exact) mass is 230 g/mol. The molecule has 90 valence electrons. The Balaban J connectivity index is 2.04. The molecule has 3 rings (SSSR count). The molecule has 1 amide bonds. The second-order valence-electron chi connectivity index (χ2n) is 4.97. The maximum atomic E-state index is 12.0. The van der Waals surface area contributed by atoms with E-state index < -0.39 is 0 Å². The summed E-state index contributed by atoms with van der Waals surface area (Å²) in [5.74, 6) is 0.725. The van der Waals surface area contributed by atoms with Gasteiger partial charge in [-0.25, -0.2) is 0 Å². The van der Waals surface area contributed by atoms with Gasteiger partial charge in [-0.2, -0.15) is 0 Å². The van der Waals surface area contributed by atoms with E-state index >= 15 is 0 Å². The number of hydrogen-bond acceptors (Lipinski definition) is 2. The van der Waals surface area contributed by atoms with Crippen LogP contribution in [-0.2, 0) is 11.2 Å². The van der Waals surface area contributed by atoms with E-state index in [2.05, 4.69) is 35.8 Å². The van der Waals surface area contributed by atoms with E-state index in [0.29, 0.717) is 5.92 Å². The number of nitrogens with one attached hydrogen (secondary N) is 2. The Bertz CT molecular complexity index is 456. The zero-order chi connectivity index (χ0) is 11.8. The van der Waals surface area contributed by atoms with Crippen molar-refractivity contribution in [2.45, 2.75) is 25.7 Å². The third kappa shape index (κ3) is 1.75. The smallest absolute Gasteiger partial charge is 0.228 e. The SMILES string of the molecule is CCc1ccc2c(c1)C1CNCCC1C(=O)N2. The van der Waals surface area contributed by atoms with Crippen molar-refractivity contribution in [3.05, 3.63) is 29.3 Å². The Morgan fingerprint density at radius 2 is 2.24 bits per heavy atom. The average molecular weight is 230 g/mol. The number of rotatable bonds is 1. The van der Waals surface area contributed by atoms with Gasteiger partial charge in [0.05, 0.1) is 0 Å². The number of piperidine rings is 1. The quantitative estimate of drug-likeness (QED) is 0.773. The predicted octanol–water partition coefficient (Wildman–Crippen LogP) is 1.89. The Morgan fingerprint density at radius 3 is 3.06 bits per heavy atom. The number of fused-ring (bicyclic) bond motifs is 3. The van der Waals surface area contributed by atoms with Gasteiger partial charge in [0.1, 0.15) is 0 Å². The largest absolute Gasteiger partial charge is 0.326 e. The molecule has 0 aliphatic carbocycles. The van der Waals surface area contributed by atoms with E-state index in [0.717, 1.165) is 31.6 Å². The molecule has 1 saturated heterocycles. The van der Waals surface area contributed by atoms with Crippen molar-refractivity contribution in [1.29, 1.82) is 0 Å². The van der Waals surface area contributed by atoms with Crippen LogP contribution in [0.2, 0.25) is 0 Å². The highest BCUT2D eigenvalue weighted by Crippen LogP contribution is 2.39. The standard InChI is InChI=1S/C14H18N2O/c1-2-9-3-4-13-11(7-9)12-8-15-6-5-10(12)14(17)16-13/h3-4,7,10,12,15H,2,5-6,8H2,1H3,(H,16,17). The van der Waals surface area contributed by atoms with Crippen LogP contribution < -0.4 is 10.6 Å². The fraction of sp³-hybridized carbons (Fsp3) is 0.500. The maximum Gasteiger partial charge on any atom is 0.228 e. The summed E-state index contributed by atoms with van der Waals surface area (Å²) in [5.41, 5.74) is 3.68. The molecule has 1 aromatic rings. The average Bonchev–Trinajstić information content (AvgIpc) is 2.39. The summed E-state index contributed by atoms with van der Waals surface area (Å²) in [6.07, 6.45) is 2.00. The minimum atomic E-state index is 0.163. The fourth-order valence-electron chi connectivity index (χ4n) is 2.98. The number of anilines is 1. The number of carbonyl (C=O) groups excluding carboxylic acids is 1. The number of benzene rings is 1. The summed E-state index contributed by atoms with van der Waals surface area (Å²) in [7, 11) is 0. The van der Waals surface area contributed by atoms with Gasteiger partial charge in [0.15, 0.2) is 0 Å². The first-order chi connectivity index (χ1) is 8.29. The minimum Gasteiger partial charge on any atom is -0.326 e. The van der Waals surface area contributed by atoms with Crippen LogP contribution in [0.5, 0.6) is 0 Å². The number of carbonyl (C=O) groups is 1. The lowest BCUT2D eigenvalue weighted by molar-refractivity contribution is -0.121. The van der Waals surface area contributed by atoms with Gasteiger partial charge < -0.3 is 10.6 Å². The van der Waals surface area contributed by atoms with Gasteiger partial charge in [0.25, 0.3) is 0 Å². The molecule has 2 heterocycles. The normalized spacial score (nSPS) is 27.0. The number of hydrogen-bond donors (Lipinski definition) is 2. The second kappa shape index (κ2) is 4.15. The van der Waals surface area contributed by atoms with Crippen LogP contribution in [0, 0.1) is 5.92 Å². The van der Waals surface area contributed by atoms with Gasteiger partial charge in [-0.05, 0) is 36.6 Å². The highest BCUT2D eigenvalue weighted by molar-refractivity contribution is 5.96. The summed E-state index contributed by atoms with van der Waals surface area (Å²) in [6, 6.07) is 6.42. The minimum absolute atomic E-state index is 0.163. The van der Waals surface area contributed by atoms with Crippen molar-refractivity contribution in [3.8, 4) is 0 Å². The predicted molar refractivity (Wildman–Crippen MR) is 68.2 cm³/mol. The molecule has 3 nitrogen and oxygen atoms in total. The summed E-state index contributed by atoms with van der Waals surface area (Å²) in [6.45, 7) is 4.05. The third-order valence-corrected chi connectivity index (χ3v) is 4.00. The van der Waals surface area contributed by atoms with Crippen LogP contribution >= 0.6 is 0 Å². The van der Waals surface area contributed by atoms with Crippen LogP contribution in [0.25, 0.3) is 0 Å². The molecule has 1 fully saturated rings. The first-order valence-corrected chi connectivity index (χ1v) is 6.44. The van der Waals surface area contributed by atoms with E-state index in [9.17, 15) is 4.79 Å².